The highest BCUT2D eigenvalue weighted by atomic mass is 31.1. The summed E-state index contributed by atoms with van der Waals surface area (Å²) in [7, 11) is -1.77. The number of aromatic nitrogens is 4. The first-order valence-corrected chi connectivity index (χ1v) is 9.02. The Balaban J connectivity index is 1.96. The number of imidazole rings is 1. The van der Waals surface area contributed by atoms with Crippen molar-refractivity contribution in [3.63, 3.8) is 0 Å². The molecule has 0 aliphatic carbocycles. The molecular formula is C13H20N5O7P. The highest BCUT2D eigenvalue weighted by molar-refractivity contribution is 7.32. The van der Waals surface area contributed by atoms with Crippen molar-refractivity contribution in [3.05, 3.63) is 12.7 Å². The van der Waals surface area contributed by atoms with E-state index in [1.807, 2.05) is 0 Å². The van der Waals surface area contributed by atoms with Crippen LogP contribution in [0.5, 0.6) is 0 Å². The van der Waals surface area contributed by atoms with E-state index < -0.39 is 39.4 Å². The Labute approximate surface area is 148 Å². The van der Waals surface area contributed by atoms with Gasteiger partial charge in [-0.25, -0.2) is 15.0 Å². The molecule has 0 amide bonds. The molecule has 13 heteroatoms. The smallest absolute Gasteiger partial charge is 0.317 e. The number of fused-ring (bicyclic) bond motifs is 1. The maximum absolute atomic E-state index is 11.2. The summed E-state index contributed by atoms with van der Waals surface area (Å²) in [5.41, 5.74) is 6.58. The molecule has 4 N–H and O–H groups in total. The Hall–Kier alpha value is -1.66. The number of nitrogens with two attached hydrogens (primary N) is 1. The first-order chi connectivity index (χ1) is 12.6. The molecule has 3 heterocycles. The van der Waals surface area contributed by atoms with Crippen LogP contribution in [-0.4, -0.2) is 74.8 Å². The van der Waals surface area contributed by atoms with Gasteiger partial charge in [0.15, 0.2) is 17.7 Å². The fraction of sp³-hybridized carbons (Fsp3) is 0.615. The van der Waals surface area contributed by atoms with E-state index in [1.165, 1.54) is 19.8 Å². The molecule has 0 bridgehead atoms. The summed E-state index contributed by atoms with van der Waals surface area (Å²) < 4.78 is 34.4. The van der Waals surface area contributed by atoms with Gasteiger partial charge >= 0.3 is 8.25 Å². The van der Waals surface area contributed by atoms with Gasteiger partial charge in [-0.05, 0) is 0 Å². The third kappa shape index (κ3) is 3.71. The van der Waals surface area contributed by atoms with Crippen molar-refractivity contribution >= 4 is 25.2 Å². The van der Waals surface area contributed by atoms with E-state index in [0.29, 0.717) is 17.8 Å². The fourth-order valence-corrected chi connectivity index (χ4v) is 3.36. The van der Waals surface area contributed by atoms with Gasteiger partial charge in [0.05, 0.1) is 26.1 Å². The molecule has 1 aliphatic rings. The number of hydrogen-bond donors (Lipinski definition) is 3. The molecule has 2 aromatic rings. The first-order valence-electron chi connectivity index (χ1n) is 7.76. The molecule has 26 heavy (non-hydrogen) atoms. The zero-order valence-corrected chi connectivity index (χ0v) is 14.9. The molecule has 1 saturated heterocycles. The number of rotatable bonds is 8. The molecule has 1 aliphatic heterocycles. The Kier molecular flexibility index (Phi) is 6.14. The summed E-state index contributed by atoms with van der Waals surface area (Å²) in [5.74, 6) is 0.204. The van der Waals surface area contributed by atoms with Crippen LogP contribution in [0.15, 0.2) is 12.7 Å². The molecule has 144 valence electrons. The van der Waals surface area contributed by atoms with Crippen molar-refractivity contribution in [2.75, 3.05) is 32.7 Å². The van der Waals surface area contributed by atoms with Gasteiger partial charge in [-0.3, -0.25) is 9.13 Å². The van der Waals surface area contributed by atoms with Crippen LogP contribution >= 0.6 is 8.25 Å². The topological polar surface area (TPSA) is 164 Å². The van der Waals surface area contributed by atoms with Crippen LogP contribution in [0, 0.1) is 0 Å². The number of methoxy groups -OCH3 is 1. The molecule has 2 unspecified atom stereocenters. The number of nitrogens with zero attached hydrogens (tertiary/aromatic N) is 4. The van der Waals surface area contributed by atoms with E-state index in [9.17, 15) is 14.6 Å². The molecule has 3 rings (SSSR count). The van der Waals surface area contributed by atoms with Crippen LogP contribution < -0.4 is 5.73 Å². The van der Waals surface area contributed by atoms with Crippen LogP contribution in [-0.2, 0) is 23.3 Å². The quantitative estimate of drug-likeness (QED) is 0.378. The standard InChI is InChI=1S/C13H20N5O7P/c1-22-2-3-23-10-9(25-26(20)21)7(4-19)24-13(10)18-6-17-8-11(14)15-5-16-12(8)18/h5-7,9-10,13,19,26H,2-4H2,1H3,(H,20,21)(H2,14,15,16)/t7-,9?,10+,13-/m1/s1. The molecule has 0 radical (unpaired) electrons. The van der Waals surface area contributed by atoms with E-state index >= 15 is 0 Å². The Bertz CT molecular complexity index is 774. The number of ether oxygens (including phenoxy) is 3. The summed E-state index contributed by atoms with van der Waals surface area (Å²) >= 11 is 0. The van der Waals surface area contributed by atoms with E-state index in [0.717, 1.165) is 0 Å². The van der Waals surface area contributed by atoms with E-state index in [-0.39, 0.29) is 12.4 Å². The molecule has 0 spiro atoms. The van der Waals surface area contributed by atoms with Gasteiger partial charge in [0.25, 0.3) is 0 Å². The number of anilines is 1. The average molecular weight is 389 g/mol. The summed E-state index contributed by atoms with van der Waals surface area (Å²) in [4.78, 5) is 21.4. The Morgan fingerprint density at radius 2 is 2.15 bits per heavy atom. The normalized spacial score (nSPS) is 27.2. The van der Waals surface area contributed by atoms with Gasteiger partial charge in [0.1, 0.15) is 30.2 Å². The average Bonchev–Trinajstić information content (AvgIpc) is 3.17. The second kappa shape index (κ2) is 8.35. The third-order valence-electron chi connectivity index (χ3n) is 3.96. The maximum Gasteiger partial charge on any atom is 0.317 e. The highest BCUT2D eigenvalue weighted by Gasteiger charge is 2.48. The fourth-order valence-electron chi connectivity index (χ4n) is 2.84. The van der Waals surface area contributed by atoms with Crippen molar-refractivity contribution in [2.24, 2.45) is 0 Å². The van der Waals surface area contributed by atoms with Crippen molar-refractivity contribution in [2.45, 2.75) is 24.5 Å². The van der Waals surface area contributed by atoms with E-state index in [1.54, 1.807) is 4.57 Å². The summed E-state index contributed by atoms with van der Waals surface area (Å²) in [5, 5.41) is 9.58. The number of aliphatic hydroxyl groups is 1. The zero-order valence-electron chi connectivity index (χ0n) is 13.9. The number of hydrogen-bond acceptors (Lipinski definition) is 10. The summed E-state index contributed by atoms with van der Waals surface area (Å²) in [6.45, 7) is 0.0627. The SMILES string of the molecule is COCCO[C@H]1C(O[PH](=O)O)[C@@H](CO)O[C@H]1n1cnc2c(N)ncnc21. The third-order valence-corrected chi connectivity index (χ3v) is 4.44. The van der Waals surface area contributed by atoms with Gasteiger partial charge in [-0.2, -0.15) is 0 Å². The lowest BCUT2D eigenvalue weighted by atomic mass is 10.1. The molecule has 12 nitrogen and oxygen atoms in total. The van der Waals surface area contributed by atoms with Crippen LogP contribution in [0.25, 0.3) is 11.2 Å². The van der Waals surface area contributed by atoms with Crippen molar-refractivity contribution < 1.29 is 33.3 Å². The minimum atomic E-state index is -3.29. The molecule has 0 saturated carbocycles. The summed E-state index contributed by atoms with van der Waals surface area (Å²) in [6.07, 6.45) is -0.714. The Morgan fingerprint density at radius 3 is 2.85 bits per heavy atom. The van der Waals surface area contributed by atoms with Crippen molar-refractivity contribution in [1.29, 1.82) is 0 Å². The lowest BCUT2D eigenvalue weighted by Crippen LogP contribution is -2.37. The molecule has 2 aromatic heterocycles. The maximum atomic E-state index is 11.2. The highest BCUT2D eigenvalue weighted by Crippen LogP contribution is 2.38. The van der Waals surface area contributed by atoms with Crippen LogP contribution in [0.3, 0.4) is 0 Å². The second-order valence-corrected chi connectivity index (χ2v) is 6.27. The van der Waals surface area contributed by atoms with Gasteiger partial charge in [0, 0.05) is 7.11 Å². The van der Waals surface area contributed by atoms with Crippen LogP contribution in [0.2, 0.25) is 0 Å². The summed E-state index contributed by atoms with van der Waals surface area (Å²) in [6, 6.07) is 0. The predicted molar refractivity (Wildman–Crippen MR) is 88.4 cm³/mol. The molecule has 5 atom stereocenters. The van der Waals surface area contributed by atoms with E-state index in [4.69, 9.17) is 24.5 Å². The minimum absolute atomic E-state index is 0.190. The van der Waals surface area contributed by atoms with Crippen molar-refractivity contribution in [3.8, 4) is 0 Å². The van der Waals surface area contributed by atoms with Crippen LogP contribution in [0.4, 0.5) is 5.82 Å². The molecule has 1 fully saturated rings. The van der Waals surface area contributed by atoms with E-state index in [2.05, 4.69) is 15.0 Å². The predicted octanol–water partition coefficient (Wildman–Crippen LogP) is -0.903. The Morgan fingerprint density at radius 1 is 1.35 bits per heavy atom. The van der Waals surface area contributed by atoms with Crippen molar-refractivity contribution in [1.82, 2.24) is 19.5 Å². The minimum Gasteiger partial charge on any atom is -0.394 e. The number of nitrogen functional groups attached to an aromatic ring is 1. The number of aliphatic hydroxyl groups excluding tert-OH is 1. The lowest BCUT2D eigenvalue weighted by molar-refractivity contribution is -0.0775. The largest absolute Gasteiger partial charge is 0.394 e. The first kappa shape index (κ1) is 19.1. The molecular weight excluding hydrogens is 369 g/mol. The molecule has 0 aromatic carbocycles. The monoisotopic (exact) mass is 389 g/mol. The van der Waals surface area contributed by atoms with Gasteiger partial charge < -0.3 is 34.5 Å². The second-order valence-electron chi connectivity index (χ2n) is 5.51. The van der Waals surface area contributed by atoms with Crippen LogP contribution in [0.1, 0.15) is 6.23 Å². The lowest BCUT2D eigenvalue weighted by Gasteiger charge is -2.23. The van der Waals surface area contributed by atoms with Gasteiger partial charge in [-0.1, -0.05) is 0 Å². The van der Waals surface area contributed by atoms with Gasteiger partial charge in [0.2, 0.25) is 0 Å². The van der Waals surface area contributed by atoms with Gasteiger partial charge in [-0.15, -0.1) is 0 Å². The zero-order chi connectivity index (χ0) is 18.7.